The van der Waals surface area contributed by atoms with Crippen molar-refractivity contribution in [3.63, 3.8) is 0 Å². The molecule has 78 valence electrons. The molecule has 0 bridgehead atoms. The van der Waals surface area contributed by atoms with E-state index >= 15 is 0 Å². The molecule has 2 nitrogen and oxygen atoms in total. The molecular weight excluding hydrogens is 186 g/mol. The van der Waals surface area contributed by atoms with Gasteiger partial charge in [0.05, 0.1) is 0 Å². The Morgan fingerprint density at radius 1 is 1.27 bits per heavy atom. The highest BCUT2D eigenvalue weighted by Crippen LogP contribution is 2.39. The first-order valence-electron chi connectivity index (χ1n) is 5.10. The van der Waals surface area contributed by atoms with Crippen LogP contribution in [0.5, 0.6) is 0 Å². The van der Waals surface area contributed by atoms with Gasteiger partial charge in [0.2, 0.25) is 5.91 Å². The summed E-state index contributed by atoms with van der Waals surface area (Å²) in [5.74, 6) is 0.138. The first-order valence-corrected chi connectivity index (χ1v) is 5.10. The summed E-state index contributed by atoms with van der Waals surface area (Å²) in [5, 5.41) is 0. The molecule has 1 aliphatic heterocycles. The van der Waals surface area contributed by atoms with Crippen LogP contribution < -0.4 is 4.90 Å². The van der Waals surface area contributed by atoms with Crippen LogP contribution in [0.15, 0.2) is 42.6 Å². The third-order valence-electron chi connectivity index (χ3n) is 2.76. The minimum absolute atomic E-state index is 0.138. The van der Waals surface area contributed by atoms with E-state index in [1.165, 1.54) is 0 Å². The summed E-state index contributed by atoms with van der Waals surface area (Å²) >= 11 is 0. The Kier molecular flexibility index (Phi) is 2.14. The summed E-state index contributed by atoms with van der Waals surface area (Å²) in [6.07, 6.45) is 0.737. The number of carbonyl (C=O) groups is 1. The van der Waals surface area contributed by atoms with Gasteiger partial charge in [0.25, 0.3) is 0 Å². The monoisotopic (exact) mass is 201 g/mol. The molecule has 1 aliphatic rings. The summed E-state index contributed by atoms with van der Waals surface area (Å²) in [5.41, 5.74) is 1.49. The van der Waals surface area contributed by atoms with Crippen LogP contribution in [0.25, 0.3) is 0 Å². The molecule has 15 heavy (non-hydrogen) atoms. The maximum Gasteiger partial charge on any atom is 0.237 e. The Morgan fingerprint density at radius 3 is 2.33 bits per heavy atom. The lowest BCUT2D eigenvalue weighted by molar-refractivity contribution is -0.123. The van der Waals surface area contributed by atoms with E-state index in [9.17, 15) is 4.79 Å². The Hall–Kier alpha value is -1.57. The predicted octanol–water partition coefficient (Wildman–Crippen LogP) is 2.96. The fraction of sp³-hybridized carbons (Fsp3) is 0.308. The van der Waals surface area contributed by atoms with Crippen LogP contribution in [0.3, 0.4) is 0 Å². The van der Waals surface area contributed by atoms with Gasteiger partial charge in [-0.1, -0.05) is 38.6 Å². The second kappa shape index (κ2) is 3.23. The first-order chi connectivity index (χ1) is 7.02. The van der Waals surface area contributed by atoms with Gasteiger partial charge in [-0.2, -0.15) is 0 Å². The number of hydrogen-bond acceptors (Lipinski definition) is 1. The largest absolute Gasteiger partial charge is 0.285 e. The van der Waals surface area contributed by atoms with Crippen molar-refractivity contribution in [3.05, 3.63) is 42.6 Å². The van der Waals surface area contributed by atoms with Gasteiger partial charge < -0.3 is 0 Å². The highest BCUT2D eigenvalue weighted by Gasteiger charge is 2.41. The molecule has 0 atom stereocenters. The van der Waals surface area contributed by atoms with Gasteiger partial charge in [0.15, 0.2) is 0 Å². The third-order valence-corrected chi connectivity index (χ3v) is 2.76. The Labute approximate surface area is 90.2 Å². The van der Waals surface area contributed by atoms with Gasteiger partial charge in [-0.15, -0.1) is 0 Å². The van der Waals surface area contributed by atoms with Crippen LogP contribution in [0.4, 0.5) is 5.69 Å². The highest BCUT2D eigenvalue weighted by molar-refractivity contribution is 6.02. The number of hydrogen-bond donors (Lipinski definition) is 0. The standard InChI is InChI=1S/C13H15NO/c1-10-9-13(2,3)12(15)14(10)11-7-5-4-6-8-11/h4-8H,1,9H2,2-3H3. The second-order valence-corrected chi connectivity index (χ2v) is 4.60. The molecular formula is C13H15NO. The van der Waals surface area contributed by atoms with Gasteiger partial charge in [-0.25, -0.2) is 0 Å². The van der Waals surface area contributed by atoms with E-state index in [0.29, 0.717) is 0 Å². The summed E-state index contributed by atoms with van der Waals surface area (Å²) in [6.45, 7) is 7.89. The molecule has 2 rings (SSSR count). The van der Waals surface area contributed by atoms with Crippen LogP contribution in [0.2, 0.25) is 0 Å². The molecule has 1 saturated heterocycles. The zero-order valence-corrected chi connectivity index (χ0v) is 9.16. The SMILES string of the molecule is C=C1CC(C)(C)C(=O)N1c1ccccc1. The van der Waals surface area contributed by atoms with Crippen LogP contribution >= 0.6 is 0 Å². The molecule has 1 aromatic rings. The van der Waals surface area contributed by atoms with Gasteiger partial charge in [0, 0.05) is 23.2 Å². The van der Waals surface area contributed by atoms with Crippen LogP contribution in [0, 0.1) is 5.41 Å². The summed E-state index contributed by atoms with van der Waals surface area (Å²) < 4.78 is 0. The number of nitrogens with zero attached hydrogens (tertiary/aromatic N) is 1. The zero-order valence-electron chi connectivity index (χ0n) is 9.16. The molecule has 1 amide bonds. The fourth-order valence-corrected chi connectivity index (χ4v) is 1.99. The maximum absolute atomic E-state index is 12.1. The smallest absolute Gasteiger partial charge is 0.237 e. The fourth-order valence-electron chi connectivity index (χ4n) is 1.99. The van der Waals surface area contributed by atoms with E-state index in [4.69, 9.17) is 0 Å². The first kappa shape index (κ1) is 9.97. The van der Waals surface area contributed by atoms with Crippen molar-refractivity contribution < 1.29 is 4.79 Å². The molecule has 0 unspecified atom stereocenters. The number of benzene rings is 1. The number of anilines is 1. The van der Waals surface area contributed by atoms with Gasteiger partial charge in [-0.3, -0.25) is 9.69 Å². The second-order valence-electron chi connectivity index (χ2n) is 4.60. The van der Waals surface area contributed by atoms with E-state index < -0.39 is 0 Å². The molecule has 0 spiro atoms. The minimum Gasteiger partial charge on any atom is -0.285 e. The highest BCUT2D eigenvalue weighted by atomic mass is 16.2. The van der Waals surface area contributed by atoms with Gasteiger partial charge in [-0.05, 0) is 12.1 Å². The molecule has 0 radical (unpaired) electrons. The number of carbonyl (C=O) groups excluding carboxylic acids is 1. The lowest BCUT2D eigenvalue weighted by atomic mass is 9.91. The average Bonchev–Trinajstić information content (AvgIpc) is 2.38. The number of para-hydroxylation sites is 1. The minimum atomic E-state index is -0.313. The topological polar surface area (TPSA) is 20.3 Å². The number of amides is 1. The Bertz CT molecular complexity index is 406. The summed E-state index contributed by atoms with van der Waals surface area (Å²) in [7, 11) is 0. The quantitative estimate of drug-likeness (QED) is 0.684. The Balaban J connectivity index is 2.40. The average molecular weight is 201 g/mol. The molecule has 0 N–H and O–H groups in total. The molecule has 2 heteroatoms. The van der Waals surface area contributed by atoms with Crippen molar-refractivity contribution in [2.24, 2.45) is 5.41 Å². The maximum atomic E-state index is 12.1. The van der Waals surface area contributed by atoms with Crippen molar-refractivity contribution in [3.8, 4) is 0 Å². The van der Waals surface area contributed by atoms with Crippen molar-refractivity contribution >= 4 is 11.6 Å². The molecule has 0 aliphatic carbocycles. The predicted molar refractivity (Wildman–Crippen MR) is 61.5 cm³/mol. The van der Waals surface area contributed by atoms with Crippen LogP contribution in [-0.4, -0.2) is 5.91 Å². The van der Waals surface area contributed by atoms with E-state index in [2.05, 4.69) is 6.58 Å². The number of rotatable bonds is 1. The van der Waals surface area contributed by atoms with E-state index in [1.54, 1.807) is 4.90 Å². The zero-order chi connectivity index (χ0) is 11.1. The normalized spacial score (nSPS) is 19.7. The van der Waals surface area contributed by atoms with E-state index in [0.717, 1.165) is 17.8 Å². The molecule has 1 fully saturated rings. The Morgan fingerprint density at radius 2 is 1.87 bits per heavy atom. The molecule has 1 aromatic carbocycles. The molecule has 0 aromatic heterocycles. The number of allylic oxidation sites excluding steroid dienone is 1. The van der Waals surface area contributed by atoms with E-state index in [-0.39, 0.29) is 11.3 Å². The lowest BCUT2D eigenvalue weighted by Crippen LogP contribution is -2.29. The molecule has 1 heterocycles. The van der Waals surface area contributed by atoms with Crippen molar-refractivity contribution in [2.45, 2.75) is 20.3 Å². The van der Waals surface area contributed by atoms with Gasteiger partial charge >= 0.3 is 0 Å². The van der Waals surface area contributed by atoms with Crippen LogP contribution in [-0.2, 0) is 4.79 Å². The van der Waals surface area contributed by atoms with Gasteiger partial charge in [0.1, 0.15) is 0 Å². The van der Waals surface area contributed by atoms with Crippen molar-refractivity contribution in [1.82, 2.24) is 0 Å². The van der Waals surface area contributed by atoms with E-state index in [1.807, 2.05) is 44.2 Å². The summed E-state index contributed by atoms with van der Waals surface area (Å²) in [6, 6.07) is 9.68. The van der Waals surface area contributed by atoms with Crippen molar-refractivity contribution in [1.29, 1.82) is 0 Å². The lowest BCUT2D eigenvalue weighted by Gasteiger charge is -2.19. The summed E-state index contributed by atoms with van der Waals surface area (Å²) in [4.78, 5) is 13.8. The van der Waals surface area contributed by atoms with Crippen molar-refractivity contribution in [2.75, 3.05) is 4.90 Å². The van der Waals surface area contributed by atoms with Crippen LogP contribution in [0.1, 0.15) is 20.3 Å². The molecule has 0 saturated carbocycles. The third kappa shape index (κ3) is 1.56.